The van der Waals surface area contributed by atoms with E-state index in [-0.39, 0.29) is 5.91 Å². The summed E-state index contributed by atoms with van der Waals surface area (Å²) in [5.41, 5.74) is 3.42. The van der Waals surface area contributed by atoms with Crippen LogP contribution in [0, 0.1) is 0 Å². The largest absolute Gasteiger partial charge is 0.494 e. The van der Waals surface area contributed by atoms with Crippen molar-refractivity contribution in [2.75, 3.05) is 6.61 Å². The molecule has 0 spiro atoms. The summed E-state index contributed by atoms with van der Waals surface area (Å²) in [6, 6.07) is 8.21. The number of benzene rings is 1. The first kappa shape index (κ1) is 15.5. The molecule has 0 fully saturated rings. The first-order chi connectivity index (χ1) is 9.13. The van der Waals surface area contributed by atoms with Crippen LogP contribution in [-0.2, 0) is 4.79 Å². The molecule has 0 aliphatic heterocycles. The Hall–Kier alpha value is -1.55. The lowest BCUT2D eigenvalue weighted by Crippen LogP contribution is -2.29. The fraction of sp³-hybridized carbons (Fsp3) is 0.533. The number of nitrogens with one attached hydrogen (secondary N) is 1. The molecule has 0 saturated heterocycles. The summed E-state index contributed by atoms with van der Waals surface area (Å²) in [6.07, 6.45) is 3.25. The van der Waals surface area contributed by atoms with Gasteiger partial charge in [-0.15, -0.1) is 0 Å². The number of hydrogen-bond acceptors (Lipinski definition) is 3. The lowest BCUT2D eigenvalue weighted by molar-refractivity contribution is -0.121. The van der Waals surface area contributed by atoms with Gasteiger partial charge in [0, 0.05) is 6.42 Å². The number of amides is 1. The summed E-state index contributed by atoms with van der Waals surface area (Å²) in [5.74, 6) is 6.33. The minimum absolute atomic E-state index is 0.106. The van der Waals surface area contributed by atoms with Crippen molar-refractivity contribution in [2.45, 2.75) is 45.4 Å². The zero-order valence-electron chi connectivity index (χ0n) is 11.8. The molecule has 0 bridgehead atoms. The van der Waals surface area contributed by atoms with Crippen LogP contribution in [0.3, 0.4) is 0 Å². The maximum atomic E-state index is 10.9. The Bertz CT molecular complexity index is 391. The summed E-state index contributed by atoms with van der Waals surface area (Å²) in [6.45, 7) is 5.02. The first-order valence-corrected chi connectivity index (χ1v) is 6.85. The van der Waals surface area contributed by atoms with Gasteiger partial charge in [0.25, 0.3) is 0 Å². The Labute approximate surface area is 115 Å². The van der Waals surface area contributed by atoms with Crippen molar-refractivity contribution in [3.63, 3.8) is 0 Å². The second kappa shape index (κ2) is 8.53. The summed E-state index contributed by atoms with van der Waals surface area (Å²) >= 11 is 0. The molecule has 19 heavy (non-hydrogen) atoms. The van der Waals surface area contributed by atoms with Crippen molar-refractivity contribution >= 4 is 5.91 Å². The maximum absolute atomic E-state index is 10.9. The molecule has 1 aromatic rings. The van der Waals surface area contributed by atoms with Gasteiger partial charge in [0.1, 0.15) is 5.75 Å². The van der Waals surface area contributed by atoms with Crippen LogP contribution >= 0.6 is 0 Å². The van der Waals surface area contributed by atoms with Crippen molar-refractivity contribution in [1.29, 1.82) is 0 Å². The third-order valence-electron chi connectivity index (χ3n) is 3.00. The highest BCUT2D eigenvalue weighted by atomic mass is 16.5. The molecule has 0 heterocycles. The van der Waals surface area contributed by atoms with Gasteiger partial charge in [0.15, 0.2) is 0 Å². The first-order valence-electron chi connectivity index (χ1n) is 6.85. The topological polar surface area (TPSA) is 64.3 Å². The third kappa shape index (κ3) is 6.25. The van der Waals surface area contributed by atoms with E-state index in [9.17, 15) is 4.79 Å². The van der Waals surface area contributed by atoms with E-state index < -0.39 is 0 Å². The minimum atomic E-state index is -0.106. The second-order valence-corrected chi connectivity index (χ2v) is 4.95. The van der Waals surface area contributed by atoms with E-state index >= 15 is 0 Å². The average molecular weight is 264 g/mol. The molecule has 1 aromatic carbocycles. The predicted octanol–water partition coefficient (Wildman–Crippen LogP) is 2.74. The molecule has 1 amide bonds. The number of rotatable bonds is 8. The van der Waals surface area contributed by atoms with Crippen LogP contribution < -0.4 is 16.0 Å². The molecule has 106 valence electrons. The van der Waals surface area contributed by atoms with E-state index in [4.69, 9.17) is 10.6 Å². The monoisotopic (exact) mass is 264 g/mol. The smallest absolute Gasteiger partial charge is 0.233 e. The predicted molar refractivity (Wildman–Crippen MR) is 76.8 cm³/mol. The van der Waals surface area contributed by atoms with Gasteiger partial charge < -0.3 is 4.74 Å². The number of hydrogen-bond donors (Lipinski definition) is 2. The van der Waals surface area contributed by atoms with Crippen LogP contribution in [0.2, 0.25) is 0 Å². The Morgan fingerprint density at radius 2 is 2.11 bits per heavy atom. The third-order valence-corrected chi connectivity index (χ3v) is 3.00. The Balaban J connectivity index is 2.19. The van der Waals surface area contributed by atoms with Gasteiger partial charge >= 0.3 is 0 Å². The van der Waals surface area contributed by atoms with Crippen molar-refractivity contribution in [3.8, 4) is 5.75 Å². The number of ether oxygens (including phenoxy) is 1. The standard InChI is InChI=1S/C15H24N2O2/c1-12(2)13-7-6-8-14(11-13)19-10-5-3-4-9-15(18)17-16/h6-8,11-12H,3-5,9-10,16H2,1-2H3,(H,17,18). The van der Waals surface area contributed by atoms with Crippen LogP contribution in [-0.4, -0.2) is 12.5 Å². The Kier molecular flexibility index (Phi) is 6.97. The second-order valence-electron chi connectivity index (χ2n) is 4.95. The van der Waals surface area contributed by atoms with Gasteiger partial charge in [0.2, 0.25) is 5.91 Å². The highest BCUT2D eigenvalue weighted by Crippen LogP contribution is 2.20. The van der Waals surface area contributed by atoms with E-state index in [1.807, 2.05) is 12.1 Å². The van der Waals surface area contributed by atoms with Gasteiger partial charge in [0.05, 0.1) is 6.61 Å². The van der Waals surface area contributed by atoms with Crippen molar-refractivity contribution in [1.82, 2.24) is 5.43 Å². The molecule has 0 saturated carbocycles. The average Bonchev–Trinajstić information content (AvgIpc) is 2.42. The van der Waals surface area contributed by atoms with Crippen LogP contribution in [0.15, 0.2) is 24.3 Å². The quantitative estimate of drug-likeness (QED) is 0.328. The van der Waals surface area contributed by atoms with Gasteiger partial charge in [-0.2, -0.15) is 0 Å². The number of hydrazine groups is 1. The van der Waals surface area contributed by atoms with Crippen LogP contribution in [0.5, 0.6) is 5.75 Å². The van der Waals surface area contributed by atoms with E-state index in [0.29, 0.717) is 18.9 Å². The molecular weight excluding hydrogens is 240 g/mol. The van der Waals surface area contributed by atoms with Crippen molar-refractivity contribution < 1.29 is 9.53 Å². The lowest BCUT2D eigenvalue weighted by Gasteiger charge is -2.09. The normalized spacial score (nSPS) is 10.5. The summed E-state index contributed by atoms with van der Waals surface area (Å²) in [7, 11) is 0. The molecule has 4 heteroatoms. The molecule has 4 nitrogen and oxygen atoms in total. The van der Waals surface area contributed by atoms with E-state index in [0.717, 1.165) is 25.0 Å². The molecule has 0 aliphatic carbocycles. The van der Waals surface area contributed by atoms with Gasteiger partial charge in [-0.05, 0) is 42.9 Å². The van der Waals surface area contributed by atoms with E-state index in [1.165, 1.54) is 5.56 Å². The van der Waals surface area contributed by atoms with Crippen LogP contribution in [0.4, 0.5) is 0 Å². The molecule has 0 aliphatic rings. The molecular formula is C15H24N2O2. The maximum Gasteiger partial charge on any atom is 0.233 e. The highest BCUT2D eigenvalue weighted by molar-refractivity contribution is 5.75. The van der Waals surface area contributed by atoms with Gasteiger partial charge in [-0.1, -0.05) is 26.0 Å². The molecule has 0 atom stereocenters. The number of carbonyl (C=O) groups excluding carboxylic acids is 1. The minimum Gasteiger partial charge on any atom is -0.494 e. The van der Waals surface area contributed by atoms with E-state index in [1.54, 1.807) is 0 Å². The number of unbranched alkanes of at least 4 members (excludes halogenated alkanes) is 2. The SMILES string of the molecule is CC(C)c1cccc(OCCCCCC(=O)NN)c1. The lowest BCUT2D eigenvalue weighted by atomic mass is 10.0. The van der Waals surface area contributed by atoms with Gasteiger partial charge in [-0.3, -0.25) is 10.2 Å². The number of carbonyl (C=O) groups is 1. The zero-order chi connectivity index (χ0) is 14.1. The fourth-order valence-electron chi connectivity index (χ4n) is 1.79. The molecule has 3 N–H and O–H groups in total. The summed E-state index contributed by atoms with van der Waals surface area (Å²) in [4.78, 5) is 10.9. The van der Waals surface area contributed by atoms with Crippen molar-refractivity contribution in [2.24, 2.45) is 5.84 Å². The Morgan fingerprint density at radius 1 is 1.32 bits per heavy atom. The van der Waals surface area contributed by atoms with Crippen LogP contribution in [0.1, 0.15) is 51.0 Å². The van der Waals surface area contributed by atoms with Gasteiger partial charge in [-0.25, -0.2) is 5.84 Å². The number of nitrogens with two attached hydrogens (primary N) is 1. The Morgan fingerprint density at radius 3 is 2.79 bits per heavy atom. The van der Waals surface area contributed by atoms with E-state index in [2.05, 4.69) is 31.4 Å². The zero-order valence-corrected chi connectivity index (χ0v) is 11.8. The van der Waals surface area contributed by atoms with Crippen molar-refractivity contribution in [3.05, 3.63) is 29.8 Å². The molecule has 0 radical (unpaired) electrons. The molecule has 1 rings (SSSR count). The summed E-state index contributed by atoms with van der Waals surface area (Å²) in [5, 5.41) is 0. The molecule has 0 unspecified atom stereocenters. The fourth-order valence-corrected chi connectivity index (χ4v) is 1.79. The summed E-state index contributed by atoms with van der Waals surface area (Å²) < 4.78 is 5.70. The molecule has 0 aromatic heterocycles. The highest BCUT2D eigenvalue weighted by Gasteiger charge is 2.01. The van der Waals surface area contributed by atoms with Crippen LogP contribution in [0.25, 0.3) is 0 Å².